The van der Waals surface area contributed by atoms with Crippen molar-refractivity contribution in [2.45, 2.75) is 73.1 Å². The van der Waals surface area contributed by atoms with Crippen LogP contribution in [0.2, 0.25) is 0 Å². The van der Waals surface area contributed by atoms with Crippen LogP contribution in [-0.4, -0.2) is 22.9 Å². The predicted octanol–water partition coefficient (Wildman–Crippen LogP) is 4.73. The summed E-state index contributed by atoms with van der Waals surface area (Å²) in [5.74, 6) is 0.731. The standard InChI is InChI=1S/C24H33N3O4/c1-7-8-11-30-21-19-12-17(13-25)9-10-18(19)22(28)27(15-16(2)3)20(21)14-26-23(29)31-24(4,5)6/h9-10,12,16H,7-8,11,14-15H2,1-6H3,(H,26,29). The Morgan fingerprint density at radius 3 is 2.55 bits per heavy atom. The normalized spacial score (nSPS) is 11.4. The van der Waals surface area contributed by atoms with Crippen molar-refractivity contribution in [1.82, 2.24) is 9.88 Å². The molecule has 168 valence electrons. The lowest BCUT2D eigenvalue weighted by atomic mass is 10.1. The van der Waals surface area contributed by atoms with Crippen LogP contribution in [0.15, 0.2) is 23.0 Å². The molecule has 31 heavy (non-hydrogen) atoms. The fourth-order valence-electron chi connectivity index (χ4n) is 3.22. The number of rotatable bonds is 8. The molecule has 0 aliphatic rings. The first-order valence-corrected chi connectivity index (χ1v) is 10.8. The summed E-state index contributed by atoms with van der Waals surface area (Å²) in [6.45, 7) is 12.5. The number of alkyl carbamates (subject to hydrolysis) is 1. The van der Waals surface area contributed by atoms with E-state index in [0.29, 0.717) is 40.9 Å². The number of benzene rings is 1. The second-order valence-corrected chi connectivity index (χ2v) is 9.02. The van der Waals surface area contributed by atoms with Gasteiger partial charge in [0.15, 0.2) is 0 Å². The highest BCUT2D eigenvalue weighted by Gasteiger charge is 2.21. The van der Waals surface area contributed by atoms with Crippen molar-refractivity contribution >= 4 is 16.9 Å². The highest BCUT2D eigenvalue weighted by Crippen LogP contribution is 2.30. The van der Waals surface area contributed by atoms with E-state index < -0.39 is 11.7 Å². The maximum atomic E-state index is 13.3. The Morgan fingerprint density at radius 1 is 1.26 bits per heavy atom. The third kappa shape index (κ3) is 6.48. The third-order valence-corrected chi connectivity index (χ3v) is 4.55. The first-order chi connectivity index (χ1) is 14.6. The molecule has 0 unspecified atom stereocenters. The van der Waals surface area contributed by atoms with Gasteiger partial charge in [-0.05, 0) is 51.3 Å². The Balaban J connectivity index is 2.64. The lowest BCUT2D eigenvalue weighted by molar-refractivity contribution is 0.0521. The number of nitrogens with one attached hydrogen (secondary N) is 1. The minimum Gasteiger partial charge on any atom is -0.491 e. The van der Waals surface area contributed by atoms with Gasteiger partial charge in [0.05, 0.1) is 35.9 Å². The lowest BCUT2D eigenvalue weighted by Gasteiger charge is -2.23. The van der Waals surface area contributed by atoms with Crippen molar-refractivity contribution in [3.05, 3.63) is 39.8 Å². The van der Waals surface area contributed by atoms with Gasteiger partial charge >= 0.3 is 6.09 Å². The van der Waals surface area contributed by atoms with E-state index in [1.165, 1.54) is 0 Å². The smallest absolute Gasteiger partial charge is 0.407 e. The van der Waals surface area contributed by atoms with Crippen molar-refractivity contribution in [2.75, 3.05) is 6.61 Å². The van der Waals surface area contributed by atoms with Crippen LogP contribution in [0.1, 0.15) is 65.6 Å². The van der Waals surface area contributed by atoms with Gasteiger partial charge in [-0.1, -0.05) is 27.2 Å². The summed E-state index contributed by atoms with van der Waals surface area (Å²) in [7, 11) is 0. The molecule has 0 aliphatic carbocycles. The molecule has 0 bridgehead atoms. The number of ether oxygens (including phenoxy) is 2. The minimum absolute atomic E-state index is 0.0745. The second-order valence-electron chi connectivity index (χ2n) is 9.02. The number of aromatic nitrogens is 1. The van der Waals surface area contributed by atoms with E-state index in [-0.39, 0.29) is 18.0 Å². The molecule has 0 spiro atoms. The van der Waals surface area contributed by atoms with Gasteiger partial charge in [-0.2, -0.15) is 5.26 Å². The van der Waals surface area contributed by atoms with Crippen molar-refractivity contribution in [3.63, 3.8) is 0 Å². The zero-order chi connectivity index (χ0) is 23.2. The second kappa shape index (κ2) is 10.3. The number of nitrogens with zero attached hydrogens (tertiary/aromatic N) is 2. The average Bonchev–Trinajstić information content (AvgIpc) is 2.68. The summed E-state index contributed by atoms with van der Waals surface area (Å²) in [6, 6.07) is 7.10. The van der Waals surface area contributed by atoms with Gasteiger partial charge in [0.1, 0.15) is 11.4 Å². The number of hydrogen-bond acceptors (Lipinski definition) is 5. The predicted molar refractivity (Wildman–Crippen MR) is 121 cm³/mol. The van der Waals surface area contributed by atoms with Crippen LogP contribution in [0.4, 0.5) is 4.79 Å². The highest BCUT2D eigenvalue weighted by molar-refractivity contribution is 5.89. The molecular formula is C24H33N3O4. The molecule has 1 aromatic heterocycles. The number of nitriles is 1. The number of fused-ring (bicyclic) bond motifs is 1. The molecule has 0 aliphatic heterocycles. The van der Waals surface area contributed by atoms with E-state index in [9.17, 15) is 14.9 Å². The van der Waals surface area contributed by atoms with Crippen LogP contribution in [0.5, 0.6) is 5.75 Å². The lowest BCUT2D eigenvalue weighted by Crippen LogP contribution is -2.35. The topological polar surface area (TPSA) is 93.3 Å². The van der Waals surface area contributed by atoms with Gasteiger partial charge < -0.3 is 19.4 Å². The van der Waals surface area contributed by atoms with Crippen LogP contribution >= 0.6 is 0 Å². The Hall–Kier alpha value is -3.01. The SMILES string of the molecule is CCCCOc1c(CNC(=O)OC(C)(C)C)n(CC(C)C)c(=O)c2ccc(C#N)cc12. The molecule has 2 rings (SSSR count). The monoisotopic (exact) mass is 427 g/mol. The Kier molecular flexibility index (Phi) is 8.09. The Bertz CT molecular complexity index is 1030. The molecule has 0 saturated carbocycles. The number of carbonyl (C=O) groups excluding carboxylic acids is 1. The number of unbranched alkanes of at least 4 members (excludes halogenated alkanes) is 1. The molecule has 1 amide bonds. The maximum absolute atomic E-state index is 13.3. The van der Waals surface area contributed by atoms with E-state index in [1.807, 2.05) is 13.8 Å². The van der Waals surface area contributed by atoms with E-state index in [4.69, 9.17) is 9.47 Å². The van der Waals surface area contributed by atoms with Crippen LogP contribution in [0.3, 0.4) is 0 Å². The molecule has 1 aromatic carbocycles. The summed E-state index contributed by atoms with van der Waals surface area (Å²) in [6.07, 6.45) is 1.24. The van der Waals surface area contributed by atoms with Crippen LogP contribution < -0.4 is 15.6 Å². The van der Waals surface area contributed by atoms with E-state index >= 15 is 0 Å². The fraction of sp³-hybridized carbons (Fsp3) is 0.542. The number of hydrogen-bond donors (Lipinski definition) is 1. The summed E-state index contributed by atoms with van der Waals surface area (Å²) in [5.41, 5.74) is 0.216. The van der Waals surface area contributed by atoms with Crippen molar-refractivity contribution < 1.29 is 14.3 Å². The van der Waals surface area contributed by atoms with Gasteiger partial charge in [-0.25, -0.2) is 4.79 Å². The zero-order valence-corrected chi connectivity index (χ0v) is 19.4. The van der Waals surface area contributed by atoms with E-state index in [2.05, 4.69) is 18.3 Å². The maximum Gasteiger partial charge on any atom is 0.407 e. The zero-order valence-electron chi connectivity index (χ0n) is 19.4. The molecule has 0 radical (unpaired) electrons. The summed E-state index contributed by atoms with van der Waals surface area (Å²) >= 11 is 0. The number of carbonyl (C=O) groups is 1. The summed E-state index contributed by atoms with van der Waals surface area (Å²) in [5, 5.41) is 13.2. The quantitative estimate of drug-likeness (QED) is 0.615. The van der Waals surface area contributed by atoms with E-state index in [0.717, 1.165) is 12.8 Å². The van der Waals surface area contributed by atoms with Crippen LogP contribution in [-0.2, 0) is 17.8 Å². The molecule has 0 fully saturated rings. The summed E-state index contributed by atoms with van der Waals surface area (Å²) < 4.78 is 13.2. The van der Waals surface area contributed by atoms with E-state index in [1.54, 1.807) is 43.5 Å². The Labute approximate surface area is 184 Å². The van der Waals surface area contributed by atoms with Gasteiger partial charge in [0.25, 0.3) is 5.56 Å². The molecule has 2 aromatic rings. The molecule has 0 atom stereocenters. The fourth-order valence-corrected chi connectivity index (χ4v) is 3.22. The van der Waals surface area contributed by atoms with Crippen molar-refractivity contribution in [1.29, 1.82) is 5.26 Å². The highest BCUT2D eigenvalue weighted by atomic mass is 16.6. The first-order valence-electron chi connectivity index (χ1n) is 10.8. The van der Waals surface area contributed by atoms with Crippen LogP contribution in [0, 0.1) is 17.2 Å². The molecule has 7 heteroatoms. The molecule has 7 nitrogen and oxygen atoms in total. The number of amides is 1. The van der Waals surface area contributed by atoms with Crippen molar-refractivity contribution in [2.24, 2.45) is 5.92 Å². The van der Waals surface area contributed by atoms with Gasteiger partial charge in [0, 0.05) is 11.9 Å². The largest absolute Gasteiger partial charge is 0.491 e. The summed E-state index contributed by atoms with van der Waals surface area (Å²) in [4.78, 5) is 25.6. The molecule has 0 saturated heterocycles. The van der Waals surface area contributed by atoms with Gasteiger partial charge in [0.2, 0.25) is 0 Å². The van der Waals surface area contributed by atoms with Gasteiger partial charge in [-0.3, -0.25) is 4.79 Å². The minimum atomic E-state index is -0.632. The van der Waals surface area contributed by atoms with Crippen LogP contribution in [0.25, 0.3) is 10.8 Å². The first kappa shape index (κ1) is 24.3. The Morgan fingerprint density at radius 2 is 1.97 bits per heavy atom. The van der Waals surface area contributed by atoms with Crippen molar-refractivity contribution in [3.8, 4) is 11.8 Å². The molecular weight excluding hydrogens is 394 g/mol. The molecule has 1 N–H and O–H groups in total. The molecule has 1 heterocycles. The van der Waals surface area contributed by atoms with Gasteiger partial charge in [-0.15, -0.1) is 0 Å². The third-order valence-electron chi connectivity index (χ3n) is 4.55. The number of pyridine rings is 1. The average molecular weight is 428 g/mol.